The monoisotopic (exact) mass is 354 g/mol. The van der Waals surface area contributed by atoms with E-state index in [4.69, 9.17) is 0 Å². The molecule has 1 aliphatic rings. The van der Waals surface area contributed by atoms with E-state index in [-0.39, 0.29) is 12.0 Å². The highest BCUT2D eigenvalue weighted by atomic mass is 32.2. The molecule has 1 aromatic heterocycles. The van der Waals surface area contributed by atoms with Crippen LogP contribution in [-0.4, -0.2) is 55.2 Å². The number of sulfonamides is 1. The Labute approximate surface area is 131 Å². The third-order valence-electron chi connectivity index (χ3n) is 3.51. The fourth-order valence-corrected chi connectivity index (χ4v) is 3.17. The summed E-state index contributed by atoms with van der Waals surface area (Å²) >= 11 is 0. The second kappa shape index (κ2) is 6.48. The summed E-state index contributed by atoms with van der Waals surface area (Å²) in [5.41, 5.74) is -1.04. The maximum Gasteiger partial charge on any atom is 0.423 e. The molecule has 1 fully saturated rings. The van der Waals surface area contributed by atoms with Gasteiger partial charge in [-0.1, -0.05) is 0 Å². The Hall–Kier alpha value is -1.62. The molecule has 0 aliphatic carbocycles. The minimum atomic E-state index is -4.59. The molecule has 2 heterocycles. The fourth-order valence-electron chi connectivity index (χ4n) is 2.30. The summed E-state index contributed by atoms with van der Waals surface area (Å²) in [6, 6.07) is -0.116. The molecule has 1 aliphatic heterocycles. The molecule has 1 N–H and O–H groups in total. The molecule has 0 unspecified atom stereocenters. The maximum absolute atomic E-state index is 12.7. The second-order valence-electron chi connectivity index (χ2n) is 5.19. The van der Waals surface area contributed by atoms with Crippen LogP contribution in [0.3, 0.4) is 0 Å². The van der Waals surface area contributed by atoms with Crippen molar-refractivity contribution in [2.75, 3.05) is 31.8 Å². The van der Waals surface area contributed by atoms with Crippen LogP contribution in [0.4, 0.5) is 19.1 Å². The van der Waals surface area contributed by atoms with Crippen molar-refractivity contribution in [3.05, 3.63) is 11.8 Å². The Bertz CT molecular complexity index is 658. The van der Waals surface area contributed by atoms with Crippen molar-refractivity contribution in [3.63, 3.8) is 0 Å². The van der Waals surface area contributed by atoms with Gasteiger partial charge in [-0.2, -0.15) is 18.2 Å². The summed E-state index contributed by atoms with van der Waals surface area (Å²) in [7, 11) is -2.12. The normalized spacial score (nSPS) is 18.0. The summed E-state index contributed by atoms with van der Waals surface area (Å²) in [6.45, 7) is 0.683. The van der Waals surface area contributed by atoms with Crippen molar-refractivity contribution in [1.29, 1.82) is 0 Å². The summed E-state index contributed by atoms with van der Waals surface area (Å²) in [5, 5.41) is 2.92. The summed E-state index contributed by atoms with van der Waals surface area (Å²) in [6.07, 6.45) is -1.76. The zero-order chi connectivity index (χ0) is 17.3. The van der Waals surface area contributed by atoms with Crippen molar-refractivity contribution in [1.82, 2.24) is 14.3 Å². The first-order valence-corrected chi connectivity index (χ1v) is 8.66. The van der Waals surface area contributed by atoms with E-state index in [1.165, 1.54) is 4.31 Å². The fraction of sp³-hybridized carbons (Fsp3) is 0.667. The molecule has 0 aromatic carbocycles. The van der Waals surface area contributed by atoms with E-state index in [1.807, 2.05) is 0 Å². The summed E-state index contributed by atoms with van der Waals surface area (Å²) < 4.78 is 67.1. The van der Waals surface area contributed by atoms with Gasteiger partial charge in [0.2, 0.25) is 21.9 Å². The number of anilines is 1. The topological polar surface area (TPSA) is 84.4 Å². The van der Waals surface area contributed by atoms with Gasteiger partial charge >= 0.3 is 6.18 Å². The van der Waals surface area contributed by atoms with Crippen molar-refractivity contribution in [2.24, 2.45) is 0 Å². The smallest absolute Gasteiger partial charge is 0.423 e. The molecule has 0 spiro atoms. The van der Waals surface area contributed by atoms with E-state index in [9.17, 15) is 21.6 Å². The summed E-state index contributed by atoms with van der Waals surface area (Å²) in [4.78, 5) is 7.38. The van der Waals surface area contributed by atoms with Crippen LogP contribution < -0.4 is 10.1 Å². The van der Waals surface area contributed by atoms with Crippen molar-refractivity contribution in [3.8, 4) is 5.88 Å². The van der Waals surface area contributed by atoms with Gasteiger partial charge in [0.05, 0.1) is 13.4 Å². The minimum Gasteiger partial charge on any atom is -0.480 e. The second-order valence-corrected chi connectivity index (χ2v) is 7.18. The zero-order valence-electron chi connectivity index (χ0n) is 12.6. The SMILES string of the molecule is COc1nc(NC2CCN(S(C)(=O)=O)CC2)ncc1C(F)(F)F. The molecule has 1 saturated heterocycles. The van der Waals surface area contributed by atoms with Crippen LogP contribution in [-0.2, 0) is 16.2 Å². The summed E-state index contributed by atoms with van der Waals surface area (Å²) in [5.74, 6) is -0.531. The molecule has 0 bridgehead atoms. The lowest BCUT2D eigenvalue weighted by molar-refractivity contribution is -0.139. The third-order valence-corrected chi connectivity index (χ3v) is 4.81. The van der Waals surface area contributed by atoms with Gasteiger partial charge in [-0.3, -0.25) is 0 Å². The van der Waals surface area contributed by atoms with E-state index in [0.717, 1.165) is 13.4 Å². The Morgan fingerprint density at radius 2 is 1.96 bits per heavy atom. The molecule has 0 saturated carbocycles. The molecular weight excluding hydrogens is 337 g/mol. The molecule has 130 valence electrons. The molecule has 2 rings (SSSR count). The Kier molecular flexibility index (Phi) is 4.99. The average Bonchev–Trinajstić information content (AvgIpc) is 2.45. The van der Waals surface area contributed by atoms with E-state index in [2.05, 4.69) is 20.0 Å². The van der Waals surface area contributed by atoms with Crippen LogP contribution in [0.1, 0.15) is 18.4 Å². The van der Waals surface area contributed by atoms with Crippen LogP contribution in [0.5, 0.6) is 5.88 Å². The number of piperidine rings is 1. The number of alkyl halides is 3. The number of halogens is 3. The minimum absolute atomic E-state index is 0.0210. The van der Waals surface area contributed by atoms with Crippen molar-refractivity contribution >= 4 is 16.0 Å². The average molecular weight is 354 g/mol. The Morgan fingerprint density at radius 1 is 1.35 bits per heavy atom. The molecule has 0 amide bonds. The lowest BCUT2D eigenvalue weighted by Gasteiger charge is -2.30. The number of methoxy groups -OCH3 is 1. The Balaban J connectivity index is 2.05. The number of hydrogen-bond donors (Lipinski definition) is 1. The van der Waals surface area contributed by atoms with E-state index < -0.39 is 27.6 Å². The molecule has 0 radical (unpaired) electrons. The van der Waals surface area contributed by atoms with Gasteiger partial charge in [-0.05, 0) is 12.8 Å². The largest absolute Gasteiger partial charge is 0.480 e. The van der Waals surface area contributed by atoms with E-state index >= 15 is 0 Å². The van der Waals surface area contributed by atoms with Crippen LogP contribution in [0.15, 0.2) is 6.20 Å². The molecule has 23 heavy (non-hydrogen) atoms. The quantitative estimate of drug-likeness (QED) is 0.878. The highest BCUT2D eigenvalue weighted by Crippen LogP contribution is 2.34. The molecule has 11 heteroatoms. The van der Waals surface area contributed by atoms with Gasteiger partial charge in [0.25, 0.3) is 0 Å². The molecule has 1 aromatic rings. The number of ether oxygens (including phenoxy) is 1. The predicted molar refractivity (Wildman–Crippen MR) is 76.6 cm³/mol. The highest BCUT2D eigenvalue weighted by molar-refractivity contribution is 7.88. The van der Waals surface area contributed by atoms with E-state index in [0.29, 0.717) is 32.1 Å². The van der Waals surface area contributed by atoms with Gasteiger partial charge in [0.15, 0.2) is 0 Å². The van der Waals surface area contributed by atoms with Crippen LogP contribution in [0.25, 0.3) is 0 Å². The van der Waals surface area contributed by atoms with Gasteiger partial charge in [-0.25, -0.2) is 17.7 Å². The van der Waals surface area contributed by atoms with E-state index in [1.54, 1.807) is 0 Å². The number of nitrogens with one attached hydrogen (secondary N) is 1. The third kappa shape index (κ3) is 4.44. The number of aromatic nitrogens is 2. The van der Waals surface area contributed by atoms with Crippen molar-refractivity contribution < 1.29 is 26.3 Å². The molecule has 0 atom stereocenters. The van der Waals surface area contributed by atoms with Gasteiger partial charge in [0.1, 0.15) is 5.56 Å². The number of nitrogens with zero attached hydrogens (tertiary/aromatic N) is 3. The lowest BCUT2D eigenvalue weighted by Crippen LogP contribution is -2.42. The lowest BCUT2D eigenvalue weighted by atomic mass is 10.1. The Morgan fingerprint density at radius 3 is 2.43 bits per heavy atom. The predicted octanol–water partition coefficient (Wildman–Crippen LogP) is 1.34. The van der Waals surface area contributed by atoms with Gasteiger partial charge < -0.3 is 10.1 Å². The van der Waals surface area contributed by atoms with Gasteiger partial charge in [0, 0.05) is 25.3 Å². The first-order chi connectivity index (χ1) is 10.6. The first-order valence-electron chi connectivity index (χ1n) is 6.81. The van der Waals surface area contributed by atoms with Crippen LogP contribution in [0.2, 0.25) is 0 Å². The van der Waals surface area contributed by atoms with Crippen molar-refractivity contribution in [2.45, 2.75) is 25.1 Å². The standard InChI is InChI=1S/C12H17F3N4O3S/c1-22-10-9(12(13,14)15)7-16-11(18-10)17-8-3-5-19(6-4-8)23(2,20)21/h7-8H,3-6H2,1-2H3,(H,16,17,18). The van der Waals surface area contributed by atoms with Crippen LogP contribution >= 0.6 is 0 Å². The highest BCUT2D eigenvalue weighted by Gasteiger charge is 2.36. The van der Waals surface area contributed by atoms with Gasteiger partial charge in [-0.15, -0.1) is 0 Å². The zero-order valence-corrected chi connectivity index (χ0v) is 13.4. The van der Waals surface area contributed by atoms with Crippen LogP contribution in [0, 0.1) is 0 Å². The number of hydrogen-bond acceptors (Lipinski definition) is 6. The first kappa shape index (κ1) is 17.7. The molecule has 7 nitrogen and oxygen atoms in total. The maximum atomic E-state index is 12.7. The number of rotatable bonds is 4. The molecular formula is C12H17F3N4O3S.